The molecule has 0 bridgehead atoms. The quantitative estimate of drug-likeness (QED) is 0.917. The topological polar surface area (TPSA) is 70.8 Å². The van der Waals surface area contributed by atoms with Gasteiger partial charge >= 0.3 is 5.97 Å². The van der Waals surface area contributed by atoms with Gasteiger partial charge in [0, 0.05) is 18.5 Å². The summed E-state index contributed by atoms with van der Waals surface area (Å²) in [5.74, 6) is -1.02. The Bertz CT molecular complexity index is 813. The number of likely N-dealkylation sites (tertiary alicyclic amines) is 1. The number of carboxylic acid groups (broad SMARTS) is 1. The minimum atomic E-state index is -2.38. The van der Waals surface area contributed by atoms with E-state index in [1.807, 2.05) is 24.3 Å². The molecule has 2 heterocycles. The van der Waals surface area contributed by atoms with Crippen LogP contribution in [0.3, 0.4) is 0 Å². The molecule has 1 aliphatic rings. The number of halogens is 1. The third-order valence-electron chi connectivity index (χ3n) is 4.54. The molecule has 1 atom stereocenters. The van der Waals surface area contributed by atoms with E-state index in [-0.39, 0.29) is 18.7 Å². The lowest BCUT2D eigenvalue weighted by Gasteiger charge is -2.16. The molecule has 1 unspecified atom stereocenters. The van der Waals surface area contributed by atoms with Crippen molar-refractivity contribution in [3.63, 3.8) is 0 Å². The van der Waals surface area contributed by atoms with Crippen molar-refractivity contribution >= 4 is 11.9 Å². The van der Waals surface area contributed by atoms with Crippen LogP contribution in [0.1, 0.15) is 42.3 Å². The first-order chi connectivity index (χ1) is 11.8. The highest BCUT2D eigenvalue weighted by atomic mass is 19.1. The Balaban J connectivity index is 1.79. The SMILES string of the molecule is CC(C)c1cccc(-c2ccc(C(=O)N3CCC(F)(C(=O)O)C3)o2)c1. The van der Waals surface area contributed by atoms with Gasteiger partial charge in [-0.1, -0.05) is 32.0 Å². The van der Waals surface area contributed by atoms with Crippen LogP contribution in [-0.4, -0.2) is 40.6 Å². The number of furan rings is 1. The van der Waals surface area contributed by atoms with E-state index in [0.717, 1.165) is 11.1 Å². The number of rotatable bonds is 4. The molecule has 1 aromatic heterocycles. The number of carbonyl (C=O) groups is 2. The monoisotopic (exact) mass is 345 g/mol. The van der Waals surface area contributed by atoms with Crippen molar-refractivity contribution in [2.75, 3.05) is 13.1 Å². The molecular weight excluding hydrogens is 325 g/mol. The molecule has 2 aromatic rings. The standard InChI is InChI=1S/C19H20FNO4/c1-12(2)13-4-3-5-14(10-13)15-6-7-16(25-15)17(22)21-9-8-19(20,11-21)18(23)24/h3-7,10,12H,8-9,11H2,1-2H3,(H,23,24). The molecule has 0 aliphatic carbocycles. The number of carbonyl (C=O) groups excluding carboxylic acids is 1. The van der Waals surface area contributed by atoms with E-state index in [9.17, 15) is 14.0 Å². The maximum Gasteiger partial charge on any atom is 0.343 e. The zero-order valence-electron chi connectivity index (χ0n) is 14.2. The van der Waals surface area contributed by atoms with Gasteiger partial charge in [-0.05, 0) is 29.7 Å². The average molecular weight is 345 g/mol. The van der Waals surface area contributed by atoms with Crippen LogP contribution in [0, 0.1) is 0 Å². The maximum absolute atomic E-state index is 14.1. The Morgan fingerprint density at radius 2 is 2.04 bits per heavy atom. The van der Waals surface area contributed by atoms with Crippen molar-refractivity contribution in [2.24, 2.45) is 0 Å². The zero-order chi connectivity index (χ0) is 18.2. The summed E-state index contributed by atoms with van der Waals surface area (Å²) in [6.07, 6.45) is -0.210. The molecule has 1 amide bonds. The molecule has 0 radical (unpaired) electrons. The molecule has 132 valence electrons. The van der Waals surface area contributed by atoms with Crippen LogP contribution in [0.15, 0.2) is 40.8 Å². The number of hydrogen-bond donors (Lipinski definition) is 1. The fourth-order valence-electron chi connectivity index (χ4n) is 2.94. The summed E-state index contributed by atoms with van der Waals surface area (Å²) >= 11 is 0. The molecule has 1 N–H and O–H groups in total. The highest BCUT2D eigenvalue weighted by molar-refractivity contribution is 5.93. The van der Waals surface area contributed by atoms with Gasteiger partial charge in [-0.15, -0.1) is 0 Å². The summed E-state index contributed by atoms with van der Waals surface area (Å²) in [5.41, 5.74) is -0.363. The van der Waals surface area contributed by atoms with Gasteiger partial charge < -0.3 is 14.4 Å². The van der Waals surface area contributed by atoms with E-state index in [2.05, 4.69) is 13.8 Å². The lowest BCUT2D eigenvalue weighted by molar-refractivity contribution is -0.149. The highest BCUT2D eigenvalue weighted by Crippen LogP contribution is 2.29. The van der Waals surface area contributed by atoms with E-state index < -0.39 is 24.1 Å². The predicted molar refractivity (Wildman–Crippen MR) is 90.2 cm³/mol. The van der Waals surface area contributed by atoms with Crippen LogP contribution < -0.4 is 0 Å². The van der Waals surface area contributed by atoms with Gasteiger partial charge in [0.15, 0.2) is 5.76 Å². The first-order valence-electron chi connectivity index (χ1n) is 8.22. The summed E-state index contributed by atoms with van der Waals surface area (Å²) in [4.78, 5) is 24.6. The highest BCUT2D eigenvalue weighted by Gasteiger charge is 2.47. The van der Waals surface area contributed by atoms with Gasteiger partial charge in [-0.2, -0.15) is 0 Å². The Labute approximate surface area is 145 Å². The number of benzene rings is 1. The molecule has 1 saturated heterocycles. The van der Waals surface area contributed by atoms with E-state index in [0.29, 0.717) is 11.7 Å². The van der Waals surface area contributed by atoms with Crippen LogP contribution in [0.2, 0.25) is 0 Å². The fourth-order valence-corrected chi connectivity index (χ4v) is 2.94. The molecule has 5 nitrogen and oxygen atoms in total. The van der Waals surface area contributed by atoms with E-state index in [4.69, 9.17) is 9.52 Å². The Morgan fingerprint density at radius 1 is 1.28 bits per heavy atom. The molecule has 1 aliphatic heterocycles. The van der Waals surface area contributed by atoms with E-state index in [1.54, 1.807) is 12.1 Å². The first kappa shape index (κ1) is 17.2. The summed E-state index contributed by atoms with van der Waals surface area (Å²) in [7, 11) is 0. The molecule has 0 saturated carbocycles. The molecule has 25 heavy (non-hydrogen) atoms. The summed E-state index contributed by atoms with van der Waals surface area (Å²) in [6.45, 7) is 3.78. The normalized spacial score (nSPS) is 20.2. The average Bonchev–Trinajstić information content (AvgIpc) is 3.22. The van der Waals surface area contributed by atoms with Crippen LogP contribution >= 0.6 is 0 Å². The minimum Gasteiger partial charge on any atom is -0.479 e. The zero-order valence-corrected chi connectivity index (χ0v) is 14.2. The van der Waals surface area contributed by atoms with E-state index in [1.165, 1.54) is 4.90 Å². The Morgan fingerprint density at radius 3 is 2.68 bits per heavy atom. The molecule has 3 rings (SSSR count). The summed E-state index contributed by atoms with van der Waals surface area (Å²) in [5, 5.41) is 8.93. The van der Waals surface area contributed by atoms with Crippen LogP contribution in [0.5, 0.6) is 0 Å². The molecule has 6 heteroatoms. The number of carboxylic acids is 1. The van der Waals surface area contributed by atoms with Gasteiger partial charge in [-0.25, -0.2) is 9.18 Å². The van der Waals surface area contributed by atoms with Crippen molar-refractivity contribution in [1.82, 2.24) is 4.90 Å². The molecule has 0 spiro atoms. The van der Waals surface area contributed by atoms with Crippen molar-refractivity contribution in [3.05, 3.63) is 47.7 Å². The second-order valence-corrected chi connectivity index (χ2v) is 6.69. The largest absolute Gasteiger partial charge is 0.479 e. The molecular formula is C19H20FNO4. The number of hydrogen-bond acceptors (Lipinski definition) is 3. The third kappa shape index (κ3) is 3.29. The Hall–Kier alpha value is -2.63. The second kappa shape index (κ2) is 6.35. The fraction of sp³-hybridized carbons (Fsp3) is 0.368. The number of amides is 1. The summed E-state index contributed by atoms with van der Waals surface area (Å²) in [6, 6.07) is 11.1. The van der Waals surface area contributed by atoms with Crippen molar-refractivity contribution in [2.45, 2.75) is 31.9 Å². The van der Waals surface area contributed by atoms with Crippen LogP contribution in [0.4, 0.5) is 4.39 Å². The van der Waals surface area contributed by atoms with Crippen molar-refractivity contribution < 1.29 is 23.5 Å². The smallest absolute Gasteiger partial charge is 0.343 e. The van der Waals surface area contributed by atoms with Gasteiger partial charge in [0.2, 0.25) is 5.67 Å². The third-order valence-corrected chi connectivity index (χ3v) is 4.54. The van der Waals surface area contributed by atoms with Crippen molar-refractivity contribution in [1.29, 1.82) is 0 Å². The van der Waals surface area contributed by atoms with Gasteiger partial charge in [0.1, 0.15) is 5.76 Å². The lowest BCUT2D eigenvalue weighted by atomic mass is 10.0. The summed E-state index contributed by atoms with van der Waals surface area (Å²) < 4.78 is 19.8. The minimum absolute atomic E-state index is 0.0561. The van der Waals surface area contributed by atoms with E-state index >= 15 is 0 Å². The maximum atomic E-state index is 14.1. The van der Waals surface area contributed by atoms with Gasteiger partial charge in [0.05, 0.1) is 6.54 Å². The number of alkyl halides is 1. The Kier molecular flexibility index (Phi) is 4.37. The number of nitrogens with zero attached hydrogens (tertiary/aromatic N) is 1. The van der Waals surface area contributed by atoms with Crippen LogP contribution in [-0.2, 0) is 4.79 Å². The van der Waals surface area contributed by atoms with Crippen LogP contribution in [0.25, 0.3) is 11.3 Å². The second-order valence-electron chi connectivity index (χ2n) is 6.69. The van der Waals surface area contributed by atoms with Gasteiger partial charge in [-0.3, -0.25) is 4.79 Å². The number of aliphatic carboxylic acids is 1. The van der Waals surface area contributed by atoms with Gasteiger partial charge in [0.25, 0.3) is 5.91 Å². The molecule has 1 fully saturated rings. The lowest BCUT2D eigenvalue weighted by Crippen LogP contribution is -2.38. The first-order valence-corrected chi connectivity index (χ1v) is 8.22. The molecule has 1 aromatic carbocycles. The van der Waals surface area contributed by atoms with Crippen molar-refractivity contribution in [3.8, 4) is 11.3 Å². The predicted octanol–water partition coefficient (Wildman–Crippen LogP) is 3.71.